The van der Waals surface area contributed by atoms with Gasteiger partial charge in [0, 0.05) is 39.0 Å². The molecule has 2 fully saturated rings. The third-order valence-electron chi connectivity index (χ3n) is 7.09. The first-order chi connectivity index (χ1) is 18.0. The van der Waals surface area contributed by atoms with Crippen molar-refractivity contribution in [1.29, 1.82) is 0 Å². The van der Waals surface area contributed by atoms with Gasteiger partial charge in [-0.05, 0) is 65.2 Å². The molecule has 2 aliphatic rings. The highest BCUT2D eigenvalue weighted by atomic mass is 16.6. The van der Waals surface area contributed by atoms with Gasteiger partial charge in [-0.1, -0.05) is 19.8 Å². The maximum absolute atomic E-state index is 13.0. The fourth-order valence-corrected chi connectivity index (χ4v) is 4.86. The molecule has 0 saturated carbocycles. The van der Waals surface area contributed by atoms with Crippen LogP contribution in [0, 0.1) is 24.2 Å². The van der Waals surface area contributed by atoms with Gasteiger partial charge in [0.25, 0.3) is 0 Å². The summed E-state index contributed by atoms with van der Waals surface area (Å²) in [6.07, 6.45) is 12.3. The highest BCUT2D eigenvalue weighted by molar-refractivity contribution is 5.86. The summed E-state index contributed by atoms with van der Waals surface area (Å²) in [5.74, 6) is 1.73. The molecule has 0 aromatic rings. The van der Waals surface area contributed by atoms with E-state index in [0.717, 1.165) is 44.9 Å². The lowest BCUT2D eigenvalue weighted by Gasteiger charge is -2.35. The lowest BCUT2D eigenvalue weighted by atomic mass is 9.91. The Hall–Kier alpha value is -2.76. The van der Waals surface area contributed by atoms with Crippen LogP contribution < -0.4 is 5.32 Å². The Morgan fingerprint density at radius 3 is 2.39 bits per heavy atom. The van der Waals surface area contributed by atoms with Gasteiger partial charge in [0.2, 0.25) is 11.8 Å². The number of esters is 1. The third kappa shape index (κ3) is 10.9. The Morgan fingerprint density at radius 1 is 1.05 bits per heavy atom. The van der Waals surface area contributed by atoms with Crippen LogP contribution in [-0.2, 0) is 23.9 Å². The van der Waals surface area contributed by atoms with Crippen molar-refractivity contribution >= 4 is 23.9 Å². The molecule has 0 bridgehead atoms. The topological polar surface area (TPSA) is 105 Å². The van der Waals surface area contributed by atoms with Crippen molar-refractivity contribution in [3.63, 3.8) is 0 Å². The van der Waals surface area contributed by atoms with Gasteiger partial charge < -0.3 is 24.6 Å². The van der Waals surface area contributed by atoms with E-state index < -0.39 is 17.6 Å². The molecule has 2 saturated heterocycles. The number of terminal acetylenes is 1. The summed E-state index contributed by atoms with van der Waals surface area (Å²) in [5, 5.41) is 2.76. The Labute approximate surface area is 228 Å². The van der Waals surface area contributed by atoms with Crippen molar-refractivity contribution in [2.24, 2.45) is 11.8 Å². The van der Waals surface area contributed by atoms with Crippen molar-refractivity contribution in [2.45, 2.75) is 104 Å². The number of carbonyl (C=O) groups is 4. The Kier molecular flexibility index (Phi) is 12.9. The average molecular weight is 534 g/mol. The second-order valence-electron chi connectivity index (χ2n) is 11.5. The van der Waals surface area contributed by atoms with E-state index in [0.29, 0.717) is 51.5 Å². The van der Waals surface area contributed by atoms with Gasteiger partial charge in [0.05, 0.1) is 12.5 Å². The number of hydrogen-bond acceptors (Lipinski definition) is 6. The zero-order valence-electron chi connectivity index (χ0n) is 23.8. The fourth-order valence-electron chi connectivity index (χ4n) is 4.86. The number of likely N-dealkylation sites (tertiary alicyclic amines) is 2. The smallest absolute Gasteiger partial charge is 0.410 e. The van der Waals surface area contributed by atoms with Crippen molar-refractivity contribution in [1.82, 2.24) is 15.1 Å². The molecule has 9 heteroatoms. The van der Waals surface area contributed by atoms with Crippen LogP contribution in [0.1, 0.15) is 91.9 Å². The number of rotatable bonds is 11. The molecule has 0 aromatic heterocycles. The monoisotopic (exact) mass is 533 g/mol. The minimum Gasteiger partial charge on any atom is -0.464 e. The molecule has 3 amide bonds. The molecule has 2 aliphatic heterocycles. The molecule has 0 radical (unpaired) electrons. The SMILES string of the molecule is C#CC[C@H](NC(=O)[C@@H]1CCCN(C(=O)CCC2CCN(C(=O)OC(C)(C)C)CC2)C1)C(=O)OCCCCC. The summed E-state index contributed by atoms with van der Waals surface area (Å²) in [7, 11) is 0. The average Bonchev–Trinajstić information content (AvgIpc) is 2.88. The summed E-state index contributed by atoms with van der Waals surface area (Å²) in [4.78, 5) is 54.1. The first-order valence-corrected chi connectivity index (χ1v) is 14.2. The summed E-state index contributed by atoms with van der Waals surface area (Å²) in [5.41, 5.74) is -0.511. The normalized spacial score (nSPS) is 19.3. The van der Waals surface area contributed by atoms with Crippen molar-refractivity contribution in [3.05, 3.63) is 0 Å². The van der Waals surface area contributed by atoms with Crippen LogP contribution in [0.4, 0.5) is 4.79 Å². The van der Waals surface area contributed by atoms with Crippen LogP contribution >= 0.6 is 0 Å². The van der Waals surface area contributed by atoms with Crippen molar-refractivity contribution in [3.8, 4) is 12.3 Å². The molecule has 2 rings (SSSR count). The van der Waals surface area contributed by atoms with E-state index in [1.165, 1.54) is 0 Å². The van der Waals surface area contributed by atoms with Crippen molar-refractivity contribution < 1.29 is 28.7 Å². The van der Waals surface area contributed by atoms with Crippen molar-refractivity contribution in [2.75, 3.05) is 32.8 Å². The summed E-state index contributed by atoms with van der Waals surface area (Å²) < 4.78 is 10.7. The van der Waals surface area contributed by atoms with E-state index in [9.17, 15) is 19.2 Å². The zero-order valence-corrected chi connectivity index (χ0v) is 23.8. The van der Waals surface area contributed by atoms with Gasteiger partial charge in [-0.15, -0.1) is 12.3 Å². The molecule has 2 atom stereocenters. The maximum Gasteiger partial charge on any atom is 0.410 e. The minimum absolute atomic E-state index is 0.0487. The number of nitrogens with zero attached hydrogens (tertiary/aromatic N) is 2. The second-order valence-corrected chi connectivity index (χ2v) is 11.5. The molecule has 214 valence electrons. The van der Waals surface area contributed by atoms with E-state index in [4.69, 9.17) is 15.9 Å². The molecule has 38 heavy (non-hydrogen) atoms. The predicted molar refractivity (Wildman–Crippen MR) is 145 cm³/mol. The highest BCUT2D eigenvalue weighted by Gasteiger charge is 2.32. The Bertz CT molecular complexity index is 838. The number of unbranched alkanes of at least 4 members (excludes halogenated alkanes) is 2. The molecule has 0 aliphatic carbocycles. The molecule has 0 aromatic carbocycles. The van der Waals surface area contributed by atoms with Gasteiger partial charge in [-0.2, -0.15) is 0 Å². The van der Waals surface area contributed by atoms with E-state index in [1.54, 1.807) is 9.80 Å². The van der Waals surface area contributed by atoms with Crippen LogP contribution in [0.2, 0.25) is 0 Å². The Morgan fingerprint density at radius 2 is 1.76 bits per heavy atom. The van der Waals surface area contributed by atoms with E-state index in [2.05, 4.69) is 18.2 Å². The number of ether oxygens (including phenoxy) is 2. The van der Waals surface area contributed by atoms with Crippen LogP contribution in [0.5, 0.6) is 0 Å². The quantitative estimate of drug-likeness (QED) is 0.245. The van der Waals surface area contributed by atoms with Gasteiger partial charge in [0.15, 0.2) is 0 Å². The summed E-state index contributed by atoms with van der Waals surface area (Å²) in [6.45, 7) is 10.2. The van der Waals surface area contributed by atoms with Gasteiger partial charge in [-0.3, -0.25) is 9.59 Å². The molecule has 9 nitrogen and oxygen atoms in total. The van der Waals surface area contributed by atoms with E-state index >= 15 is 0 Å². The summed E-state index contributed by atoms with van der Waals surface area (Å²) in [6, 6.07) is -0.869. The Balaban J connectivity index is 1.77. The molecule has 2 heterocycles. The number of carbonyl (C=O) groups excluding carboxylic acids is 4. The van der Waals surface area contributed by atoms with Gasteiger partial charge in [0.1, 0.15) is 11.6 Å². The first-order valence-electron chi connectivity index (χ1n) is 14.2. The van der Waals surface area contributed by atoms with Gasteiger partial charge in [-0.25, -0.2) is 9.59 Å². The van der Waals surface area contributed by atoms with Crippen LogP contribution in [0.25, 0.3) is 0 Å². The fraction of sp³-hybridized carbons (Fsp3) is 0.793. The number of nitrogens with one attached hydrogen (secondary N) is 1. The van der Waals surface area contributed by atoms with Gasteiger partial charge >= 0.3 is 12.1 Å². The number of amides is 3. The molecular formula is C29H47N3O6. The lowest BCUT2D eigenvalue weighted by Crippen LogP contribution is -2.49. The standard InChI is InChI=1S/C29H47N3O6/c1-6-8-9-20-37-27(35)24(11-7-2)30-26(34)23-12-10-17-32(21-23)25(33)14-13-22-15-18-31(19-16-22)28(36)38-29(3,4)5/h2,22-24H,6,8-21H2,1,3-5H3,(H,30,34)/t23-,24+/m1/s1. The first kappa shape index (κ1) is 31.5. The number of hydrogen-bond donors (Lipinski definition) is 1. The van der Waals surface area contributed by atoms with Crippen LogP contribution in [-0.4, -0.2) is 78.1 Å². The van der Waals surface area contributed by atoms with E-state index in [1.807, 2.05) is 20.8 Å². The maximum atomic E-state index is 13.0. The van der Waals surface area contributed by atoms with Crippen LogP contribution in [0.15, 0.2) is 0 Å². The van der Waals surface area contributed by atoms with E-state index in [-0.39, 0.29) is 30.2 Å². The van der Waals surface area contributed by atoms with Crippen LogP contribution in [0.3, 0.4) is 0 Å². The second kappa shape index (κ2) is 15.6. The minimum atomic E-state index is -0.869. The molecule has 0 spiro atoms. The largest absolute Gasteiger partial charge is 0.464 e. The molecular weight excluding hydrogens is 486 g/mol. The predicted octanol–water partition coefficient (Wildman–Crippen LogP) is 3.89. The molecule has 0 unspecified atom stereocenters. The number of piperidine rings is 2. The highest BCUT2D eigenvalue weighted by Crippen LogP contribution is 2.25. The molecule has 1 N–H and O–H groups in total. The lowest BCUT2D eigenvalue weighted by molar-refractivity contribution is -0.149. The summed E-state index contributed by atoms with van der Waals surface area (Å²) >= 11 is 0. The zero-order chi connectivity index (χ0) is 28.1. The third-order valence-corrected chi connectivity index (χ3v) is 7.09.